The van der Waals surface area contributed by atoms with Gasteiger partial charge in [-0.1, -0.05) is 6.07 Å². The van der Waals surface area contributed by atoms with Crippen LogP contribution < -0.4 is 5.32 Å². The van der Waals surface area contributed by atoms with Crippen molar-refractivity contribution in [1.82, 2.24) is 10.2 Å². The zero-order chi connectivity index (χ0) is 20.0. The monoisotopic (exact) mass is 380 g/mol. The summed E-state index contributed by atoms with van der Waals surface area (Å²) in [6, 6.07) is 5.11. The number of aliphatic carboxylic acids is 1. The largest absolute Gasteiger partial charge is 0.481 e. The van der Waals surface area contributed by atoms with E-state index in [1.807, 2.05) is 0 Å². The van der Waals surface area contributed by atoms with Crippen molar-refractivity contribution in [2.24, 2.45) is 0 Å². The highest BCUT2D eigenvalue weighted by Crippen LogP contribution is 2.13. The molecule has 0 saturated heterocycles. The molecular weight excluding hydrogens is 362 g/mol. The Hall–Kier alpha value is -3.23. The number of furan rings is 1. The molecule has 0 saturated carbocycles. The molecule has 27 heavy (non-hydrogen) atoms. The third kappa shape index (κ3) is 5.63. The number of nitrogens with one attached hydrogen (secondary N) is 1. The van der Waals surface area contributed by atoms with E-state index in [0.29, 0.717) is 0 Å². The molecule has 0 aliphatic rings. The minimum Gasteiger partial charge on any atom is -0.481 e. The molecule has 2 aromatic rings. The second-order valence-electron chi connectivity index (χ2n) is 5.82. The van der Waals surface area contributed by atoms with Gasteiger partial charge in [-0.25, -0.2) is 8.78 Å². The maximum absolute atomic E-state index is 13.4. The summed E-state index contributed by atoms with van der Waals surface area (Å²) in [6.07, 6.45) is 0.970. The average molecular weight is 380 g/mol. The van der Waals surface area contributed by atoms with Crippen molar-refractivity contribution in [1.29, 1.82) is 0 Å². The summed E-state index contributed by atoms with van der Waals surface area (Å²) in [6.45, 7) is 1.14. The molecule has 9 heteroatoms. The van der Waals surface area contributed by atoms with Gasteiger partial charge in [-0.2, -0.15) is 0 Å². The summed E-state index contributed by atoms with van der Waals surface area (Å²) in [5.74, 6) is -4.37. The van der Waals surface area contributed by atoms with Gasteiger partial charge < -0.3 is 19.7 Å². The maximum atomic E-state index is 13.4. The van der Waals surface area contributed by atoms with E-state index >= 15 is 0 Å². The molecule has 7 nitrogen and oxygen atoms in total. The molecule has 1 unspecified atom stereocenters. The van der Waals surface area contributed by atoms with Crippen LogP contribution in [0.5, 0.6) is 0 Å². The van der Waals surface area contributed by atoms with Gasteiger partial charge in [0.05, 0.1) is 12.7 Å². The van der Waals surface area contributed by atoms with Gasteiger partial charge in [0.1, 0.15) is 6.04 Å². The van der Waals surface area contributed by atoms with E-state index in [1.54, 1.807) is 0 Å². The van der Waals surface area contributed by atoms with Crippen LogP contribution in [-0.2, 0) is 16.1 Å². The van der Waals surface area contributed by atoms with Crippen LogP contribution in [0.4, 0.5) is 8.78 Å². The number of hydrogen-bond acceptors (Lipinski definition) is 4. The summed E-state index contributed by atoms with van der Waals surface area (Å²) in [7, 11) is 0. The zero-order valence-corrected chi connectivity index (χ0v) is 14.4. The lowest BCUT2D eigenvalue weighted by atomic mass is 10.1. The van der Waals surface area contributed by atoms with Gasteiger partial charge >= 0.3 is 5.97 Å². The third-order valence-corrected chi connectivity index (χ3v) is 3.73. The SMILES string of the molecule is CC(NC(=O)c1ccco1)C(=O)N(CCC(=O)O)Cc1ccc(F)c(F)c1. The van der Waals surface area contributed by atoms with E-state index in [4.69, 9.17) is 9.52 Å². The lowest BCUT2D eigenvalue weighted by molar-refractivity contribution is -0.139. The van der Waals surface area contributed by atoms with Crippen molar-refractivity contribution in [3.63, 3.8) is 0 Å². The van der Waals surface area contributed by atoms with Crippen LogP contribution in [0.3, 0.4) is 0 Å². The molecule has 0 bridgehead atoms. The third-order valence-electron chi connectivity index (χ3n) is 3.73. The second-order valence-corrected chi connectivity index (χ2v) is 5.82. The number of hydrogen-bond donors (Lipinski definition) is 2. The van der Waals surface area contributed by atoms with Gasteiger partial charge in [0, 0.05) is 13.1 Å². The molecule has 0 radical (unpaired) electrons. The van der Waals surface area contributed by atoms with Crippen LogP contribution >= 0.6 is 0 Å². The van der Waals surface area contributed by atoms with Gasteiger partial charge in [-0.05, 0) is 36.8 Å². The molecule has 0 aliphatic heterocycles. The van der Waals surface area contributed by atoms with Crippen molar-refractivity contribution in [3.8, 4) is 0 Å². The normalized spacial score (nSPS) is 11.7. The molecule has 144 valence electrons. The maximum Gasteiger partial charge on any atom is 0.305 e. The van der Waals surface area contributed by atoms with E-state index < -0.39 is 35.5 Å². The number of carbonyl (C=O) groups is 3. The van der Waals surface area contributed by atoms with Crippen LogP contribution in [0.15, 0.2) is 41.0 Å². The van der Waals surface area contributed by atoms with Gasteiger partial charge in [-0.15, -0.1) is 0 Å². The average Bonchev–Trinajstić information content (AvgIpc) is 3.15. The van der Waals surface area contributed by atoms with Crippen molar-refractivity contribution >= 4 is 17.8 Å². The van der Waals surface area contributed by atoms with E-state index in [9.17, 15) is 23.2 Å². The van der Waals surface area contributed by atoms with Gasteiger partial charge in [0.25, 0.3) is 5.91 Å². The Kier molecular flexibility index (Phi) is 6.64. The number of benzene rings is 1. The summed E-state index contributed by atoms with van der Waals surface area (Å²) in [5, 5.41) is 11.3. The van der Waals surface area contributed by atoms with Crippen LogP contribution in [0.25, 0.3) is 0 Å². The number of halogens is 2. The minimum absolute atomic E-state index is 0.0207. The predicted octanol–water partition coefficient (Wildman–Crippen LogP) is 2.18. The fourth-order valence-corrected chi connectivity index (χ4v) is 2.37. The second kappa shape index (κ2) is 8.93. The minimum atomic E-state index is -1.12. The number of amides is 2. The van der Waals surface area contributed by atoms with Crippen molar-refractivity contribution in [2.45, 2.75) is 25.9 Å². The lowest BCUT2D eigenvalue weighted by Crippen LogP contribution is -2.47. The van der Waals surface area contributed by atoms with Gasteiger partial charge in [0.15, 0.2) is 17.4 Å². The zero-order valence-electron chi connectivity index (χ0n) is 14.4. The summed E-state index contributed by atoms with van der Waals surface area (Å²) < 4.78 is 31.4. The molecule has 0 spiro atoms. The molecule has 1 aromatic heterocycles. The molecule has 2 rings (SSSR count). The Bertz CT molecular complexity index is 823. The summed E-state index contributed by atoms with van der Waals surface area (Å²) >= 11 is 0. The molecule has 1 heterocycles. The molecule has 1 atom stereocenters. The van der Waals surface area contributed by atoms with Crippen LogP contribution in [0, 0.1) is 11.6 Å². The van der Waals surface area contributed by atoms with E-state index in [2.05, 4.69) is 5.32 Å². The molecule has 0 aliphatic carbocycles. The first-order valence-corrected chi connectivity index (χ1v) is 8.07. The molecule has 1 aromatic carbocycles. The Morgan fingerprint density at radius 2 is 1.96 bits per heavy atom. The van der Waals surface area contributed by atoms with E-state index in [0.717, 1.165) is 17.0 Å². The number of carbonyl (C=O) groups excluding carboxylic acids is 2. The Labute approximate surface area is 153 Å². The fourth-order valence-electron chi connectivity index (χ4n) is 2.37. The van der Waals surface area contributed by atoms with Gasteiger partial charge in [-0.3, -0.25) is 14.4 Å². The molecule has 2 N–H and O–H groups in total. The number of rotatable bonds is 8. The standard InChI is InChI=1S/C18H18F2N2O5/c1-11(21-17(25)15-3-2-8-27-15)18(26)22(7-6-16(23)24)10-12-4-5-13(19)14(20)9-12/h2-5,8-9,11H,6-7,10H2,1H3,(H,21,25)(H,23,24). The van der Waals surface area contributed by atoms with Crippen LogP contribution in [0.2, 0.25) is 0 Å². The highest BCUT2D eigenvalue weighted by molar-refractivity contribution is 5.95. The Balaban J connectivity index is 2.10. The fraction of sp³-hybridized carbons (Fsp3) is 0.278. The molecule has 0 fully saturated rings. The molecular formula is C18H18F2N2O5. The smallest absolute Gasteiger partial charge is 0.305 e. The van der Waals surface area contributed by atoms with E-state index in [-0.39, 0.29) is 30.8 Å². The van der Waals surface area contributed by atoms with E-state index in [1.165, 1.54) is 31.4 Å². The number of carboxylic acid groups (broad SMARTS) is 1. The summed E-state index contributed by atoms with van der Waals surface area (Å²) in [4.78, 5) is 36.6. The van der Waals surface area contributed by atoms with Crippen molar-refractivity contribution < 1.29 is 32.7 Å². The number of nitrogens with zero attached hydrogens (tertiary/aromatic N) is 1. The topological polar surface area (TPSA) is 99.9 Å². The molecule has 2 amide bonds. The quantitative estimate of drug-likeness (QED) is 0.731. The summed E-state index contributed by atoms with van der Waals surface area (Å²) in [5.41, 5.74) is 0.289. The predicted molar refractivity (Wildman–Crippen MR) is 89.7 cm³/mol. The first-order valence-electron chi connectivity index (χ1n) is 8.07. The number of carboxylic acids is 1. The highest BCUT2D eigenvalue weighted by atomic mass is 19.2. The van der Waals surface area contributed by atoms with Gasteiger partial charge in [0.2, 0.25) is 5.91 Å². The lowest BCUT2D eigenvalue weighted by Gasteiger charge is -2.26. The first kappa shape index (κ1) is 20.1. The van der Waals surface area contributed by atoms with Crippen LogP contribution in [-0.4, -0.2) is 40.4 Å². The first-order chi connectivity index (χ1) is 12.8. The van der Waals surface area contributed by atoms with Crippen molar-refractivity contribution in [3.05, 3.63) is 59.6 Å². The highest BCUT2D eigenvalue weighted by Gasteiger charge is 2.24. The Morgan fingerprint density at radius 3 is 2.56 bits per heavy atom. The van der Waals surface area contributed by atoms with Crippen LogP contribution in [0.1, 0.15) is 29.5 Å². The Morgan fingerprint density at radius 1 is 1.22 bits per heavy atom. The van der Waals surface area contributed by atoms with Crippen molar-refractivity contribution in [2.75, 3.05) is 6.54 Å².